The summed E-state index contributed by atoms with van der Waals surface area (Å²) in [7, 11) is 0. The van der Waals surface area contributed by atoms with Crippen LogP contribution >= 0.6 is 0 Å². The van der Waals surface area contributed by atoms with E-state index < -0.39 is 0 Å². The lowest BCUT2D eigenvalue weighted by atomic mass is 9.91. The van der Waals surface area contributed by atoms with Gasteiger partial charge in [0.15, 0.2) is 0 Å². The first-order valence-electron chi connectivity index (χ1n) is 6.80. The van der Waals surface area contributed by atoms with Crippen molar-refractivity contribution < 1.29 is 0 Å². The van der Waals surface area contributed by atoms with Crippen molar-refractivity contribution in [2.75, 3.05) is 13.1 Å². The molecule has 1 heterocycles. The minimum atomic E-state index is 0.761. The van der Waals surface area contributed by atoms with Gasteiger partial charge in [-0.25, -0.2) is 0 Å². The normalized spacial score (nSPS) is 24.8. The Morgan fingerprint density at radius 2 is 1.94 bits per heavy atom. The Bertz CT molecular complexity index is 449. The number of likely N-dealkylation sites (tertiary alicyclic amines) is 1. The molecule has 2 atom stereocenters. The van der Waals surface area contributed by atoms with Gasteiger partial charge < -0.3 is 0 Å². The minimum Gasteiger partial charge on any atom is -0.299 e. The fourth-order valence-corrected chi connectivity index (χ4v) is 3.10. The average Bonchev–Trinajstić information content (AvgIpc) is 2.30. The highest BCUT2D eigenvalue weighted by Gasteiger charge is 2.21. The van der Waals surface area contributed by atoms with Crippen LogP contribution in [0.5, 0.6) is 0 Å². The van der Waals surface area contributed by atoms with Crippen LogP contribution < -0.4 is 0 Å². The predicted molar refractivity (Wildman–Crippen MR) is 74.1 cm³/mol. The molecule has 2 rings (SSSR count). The topological polar surface area (TPSA) is 27.0 Å². The molecule has 0 aliphatic carbocycles. The fourth-order valence-electron chi connectivity index (χ4n) is 3.10. The largest absolute Gasteiger partial charge is 0.299 e. The third-order valence-electron chi connectivity index (χ3n) is 3.81. The highest BCUT2D eigenvalue weighted by molar-refractivity contribution is 5.37. The van der Waals surface area contributed by atoms with Gasteiger partial charge >= 0.3 is 0 Å². The summed E-state index contributed by atoms with van der Waals surface area (Å²) in [6.07, 6.45) is 1.35. The summed E-state index contributed by atoms with van der Waals surface area (Å²) < 4.78 is 0. The van der Waals surface area contributed by atoms with Crippen molar-refractivity contribution in [3.63, 3.8) is 0 Å². The third-order valence-corrected chi connectivity index (χ3v) is 3.81. The average molecular weight is 242 g/mol. The summed E-state index contributed by atoms with van der Waals surface area (Å²) in [6.45, 7) is 10.2. The summed E-state index contributed by atoms with van der Waals surface area (Å²) in [4.78, 5) is 2.55. The lowest BCUT2D eigenvalue weighted by molar-refractivity contribution is 0.134. The lowest BCUT2D eigenvalue weighted by Gasteiger charge is -2.35. The van der Waals surface area contributed by atoms with Gasteiger partial charge in [-0.2, -0.15) is 5.26 Å². The second-order valence-corrected chi connectivity index (χ2v) is 5.89. The van der Waals surface area contributed by atoms with Gasteiger partial charge in [0, 0.05) is 19.6 Å². The molecule has 0 aromatic heterocycles. The molecule has 0 N–H and O–H groups in total. The van der Waals surface area contributed by atoms with E-state index in [4.69, 9.17) is 5.26 Å². The molecule has 1 aromatic carbocycles. The molecular formula is C16H22N2. The van der Waals surface area contributed by atoms with E-state index in [2.05, 4.69) is 37.8 Å². The van der Waals surface area contributed by atoms with Crippen LogP contribution in [-0.2, 0) is 6.54 Å². The molecular weight excluding hydrogens is 220 g/mol. The SMILES string of the molecule is Cc1cc(C#N)ccc1CN1CC(C)CC(C)C1. The highest BCUT2D eigenvalue weighted by atomic mass is 15.1. The van der Waals surface area contributed by atoms with Gasteiger partial charge in [-0.3, -0.25) is 4.90 Å². The van der Waals surface area contributed by atoms with Crippen molar-refractivity contribution in [3.8, 4) is 6.07 Å². The minimum absolute atomic E-state index is 0.761. The summed E-state index contributed by atoms with van der Waals surface area (Å²) in [6, 6.07) is 8.23. The summed E-state index contributed by atoms with van der Waals surface area (Å²) in [5, 5.41) is 8.88. The Balaban J connectivity index is 2.07. The van der Waals surface area contributed by atoms with Crippen LogP contribution in [0.1, 0.15) is 37.0 Å². The van der Waals surface area contributed by atoms with Crippen LogP contribution in [0, 0.1) is 30.1 Å². The number of aryl methyl sites for hydroxylation is 1. The maximum atomic E-state index is 8.88. The Morgan fingerprint density at radius 1 is 1.28 bits per heavy atom. The van der Waals surface area contributed by atoms with Crippen molar-refractivity contribution in [2.24, 2.45) is 11.8 Å². The van der Waals surface area contributed by atoms with Crippen LogP contribution in [-0.4, -0.2) is 18.0 Å². The Morgan fingerprint density at radius 3 is 2.50 bits per heavy atom. The van der Waals surface area contributed by atoms with Gasteiger partial charge in [0.1, 0.15) is 0 Å². The van der Waals surface area contributed by atoms with Gasteiger partial charge in [-0.05, 0) is 48.4 Å². The van der Waals surface area contributed by atoms with Crippen LogP contribution in [0.2, 0.25) is 0 Å². The van der Waals surface area contributed by atoms with Gasteiger partial charge in [0.2, 0.25) is 0 Å². The van der Waals surface area contributed by atoms with Gasteiger partial charge in [0.05, 0.1) is 11.6 Å². The first-order chi connectivity index (χ1) is 8.58. The molecule has 0 saturated carbocycles. The number of hydrogen-bond acceptors (Lipinski definition) is 2. The molecule has 2 unspecified atom stereocenters. The highest BCUT2D eigenvalue weighted by Crippen LogP contribution is 2.23. The van der Waals surface area contributed by atoms with Crippen molar-refractivity contribution in [3.05, 3.63) is 34.9 Å². The Hall–Kier alpha value is -1.33. The Kier molecular flexibility index (Phi) is 4.04. The zero-order valence-electron chi connectivity index (χ0n) is 11.6. The first-order valence-corrected chi connectivity index (χ1v) is 6.80. The van der Waals surface area contributed by atoms with Gasteiger partial charge in [-0.15, -0.1) is 0 Å². The molecule has 18 heavy (non-hydrogen) atoms. The van der Waals surface area contributed by atoms with Crippen LogP contribution in [0.15, 0.2) is 18.2 Å². The first kappa shape index (κ1) is 13.1. The fraction of sp³-hybridized carbons (Fsp3) is 0.562. The maximum absolute atomic E-state index is 8.88. The molecule has 2 nitrogen and oxygen atoms in total. The third kappa shape index (κ3) is 3.11. The quantitative estimate of drug-likeness (QED) is 0.795. The zero-order chi connectivity index (χ0) is 13.1. The molecule has 0 amide bonds. The zero-order valence-corrected chi connectivity index (χ0v) is 11.6. The maximum Gasteiger partial charge on any atom is 0.0991 e. The van der Waals surface area contributed by atoms with Crippen molar-refractivity contribution in [1.29, 1.82) is 5.26 Å². The van der Waals surface area contributed by atoms with E-state index in [1.165, 1.54) is 30.6 Å². The molecule has 0 radical (unpaired) electrons. The standard InChI is InChI=1S/C16H22N2/c1-12-6-13(2)10-18(9-12)11-16-5-4-15(8-17)7-14(16)3/h4-5,7,12-13H,6,9-11H2,1-3H3. The van der Waals surface area contributed by atoms with Crippen LogP contribution in [0.3, 0.4) is 0 Å². The van der Waals surface area contributed by atoms with Crippen molar-refractivity contribution >= 4 is 0 Å². The molecule has 0 bridgehead atoms. The summed E-state index contributed by atoms with van der Waals surface area (Å²) >= 11 is 0. The van der Waals surface area contributed by atoms with E-state index in [1.807, 2.05) is 12.1 Å². The monoisotopic (exact) mass is 242 g/mol. The Labute approximate surface area is 110 Å². The van der Waals surface area contributed by atoms with E-state index in [9.17, 15) is 0 Å². The van der Waals surface area contributed by atoms with E-state index in [-0.39, 0.29) is 0 Å². The van der Waals surface area contributed by atoms with E-state index in [0.717, 1.165) is 23.9 Å². The second kappa shape index (κ2) is 5.54. The number of nitrogens with zero attached hydrogens (tertiary/aromatic N) is 2. The molecule has 1 aliphatic rings. The molecule has 2 heteroatoms. The number of nitriles is 1. The van der Waals surface area contributed by atoms with Gasteiger partial charge in [0.25, 0.3) is 0 Å². The van der Waals surface area contributed by atoms with Gasteiger partial charge in [-0.1, -0.05) is 19.9 Å². The summed E-state index contributed by atoms with van der Waals surface area (Å²) in [5.74, 6) is 1.60. The van der Waals surface area contributed by atoms with E-state index >= 15 is 0 Å². The smallest absolute Gasteiger partial charge is 0.0991 e. The van der Waals surface area contributed by atoms with Crippen LogP contribution in [0.25, 0.3) is 0 Å². The number of benzene rings is 1. The summed E-state index contributed by atoms with van der Waals surface area (Å²) in [5.41, 5.74) is 3.35. The van der Waals surface area contributed by atoms with Crippen molar-refractivity contribution in [2.45, 2.75) is 33.7 Å². The molecule has 1 fully saturated rings. The molecule has 96 valence electrons. The van der Waals surface area contributed by atoms with Crippen LogP contribution in [0.4, 0.5) is 0 Å². The predicted octanol–water partition coefficient (Wildman–Crippen LogP) is 3.34. The molecule has 0 spiro atoms. The number of hydrogen-bond donors (Lipinski definition) is 0. The molecule has 1 aliphatic heterocycles. The number of piperidine rings is 1. The van der Waals surface area contributed by atoms with Crippen molar-refractivity contribution in [1.82, 2.24) is 4.90 Å². The molecule has 1 saturated heterocycles. The second-order valence-electron chi connectivity index (χ2n) is 5.89. The molecule has 1 aromatic rings. The van der Waals surface area contributed by atoms with E-state index in [0.29, 0.717) is 0 Å². The number of rotatable bonds is 2. The van der Waals surface area contributed by atoms with E-state index in [1.54, 1.807) is 0 Å². The lowest BCUT2D eigenvalue weighted by Crippen LogP contribution is -2.38.